The first-order valence-corrected chi connectivity index (χ1v) is 10.3. The number of fused-ring (bicyclic) bond motifs is 2. The van der Waals surface area contributed by atoms with Crippen LogP contribution >= 0.6 is 0 Å². The van der Waals surface area contributed by atoms with Crippen molar-refractivity contribution < 1.29 is 14.4 Å². The van der Waals surface area contributed by atoms with Gasteiger partial charge in [0, 0.05) is 29.5 Å². The van der Waals surface area contributed by atoms with E-state index in [4.69, 9.17) is 4.42 Å². The predicted molar refractivity (Wildman–Crippen MR) is 128 cm³/mol. The van der Waals surface area contributed by atoms with E-state index >= 15 is 0 Å². The van der Waals surface area contributed by atoms with Crippen LogP contribution in [0.1, 0.15) is 16.7 Å². The topological polar surface area (TPSA) is 102 Å². The third kappa shape index (κ3) is 3.80. The number of benzene rings is 4. The zero-order valence-electron chi connectivity index (χ0n) is 17.9. The number of phenolic OH excluding ortho intramolecular Hbond substituents is 1. The van der Waals surface area contributed by atoms with Gasteiger partial charge >= 0.3 is 0 Å². The number of aromatic nitrogens is 1. The summed E-state index contributed by atoms with van der Waals surface area (Å²) in [5.41, 5.74) is 5.73. The Labute approximate surface area is 188 Å². The number of oxazole rings is 1. The minimum atomic E-state index is -0.445. The maximum absolute atomic E-state index is 11.1. The summed E-state index contributed by atoms with van der Waals surface area (Å²) < 4.78 is 5.92. The lowest BCUT2D eigenvalue weighted by Crippen LogP contribution is -1.90. The molecule has 7 heteroatoms. The van der Waals surface area contributed by atoms with E-state index in [-0.39, 0.29) is 11.4 Å². The average Bonchev–Trinajstić information content (AvgIpc) is 3.23. The summed E-state index contributed by atoms with van der Waals surface area (Å²) in [4.78, 5) is 19.7. The van der Waals surface area contributed by atoms with E-state index < -0.39 is 4.92 Å². The average molecular weight is 437 g/mol. The molecule has 33 heavy (non-hydrogen) atoms. The number of rotatable bonds is 4. The highest BCUT2D eigenvalue weighted by Gasteiger charge is 2.12. The van der Waals surface area contributed by atoms with Gasteiger partial charge in [-0.15, -0.1) is 0 Å². The molecule has 0 unspecified atom stereocenters. The van der Waals surface area contributed by atoms with Crippen LogP contribution in [0, 0.1) is 24.0 Å². The lowest BCUT2D eigenvalue weighted by atomic mass is 10.0. The van der Waals surface area contributed by atoms with Crippen molar-refractivity contribution in [2.24, 2.45) is 4.99 Å². The number of aliphatic imine (C=N–C) groups is 1. The summed E-state index contributed by atoms with van der Waals surface area (Å²) in [5, 5.41) is 22.7. The molecule has 0 fully saturated rings. The molecule has 0 saturated carbocycles. The summed E-state index contributed by atoms with van der Waals surface area (Å²) in [5.74, 6) is 0.585. The Morgan fingerprint density at radius 2 is 1.85 bits per heavy atom. The zero-order chi connectivity index (χ0) is 23.1. The number of phenols is 1. The molecular weight excluding hydrogens is 418 g/mol. The molecule has 1 heterocycles. The molecule has 0 saturated heterocycles. The molecule has 0 spiro atoms. The van der Waals surface area contributed by atoms with Gasteiger partial charge in [0.1, 0.15) is 11.3 Å². The minimum Gasteiger partial charge on any atom is -0.507 e. The van der Waals surface area contributed by atoms with Gasteiger partial charge in [-0.25, -0.2) is 4.98 Å². The number of nitro benzene ring substituents is 1. The highest BCUT2D eigenvalue weighted by atomic mass is 16.6. The largest absolute Gasteiger partial charge is 0.507 e. The maximum atomic E-state index is 11.1. The lowest BCUT2D eigenvalue weighted by molar-refractivity contribution is -0.384. The van der Waals surface area contributed by atoms with Crippen LogP contribution in [0.3, 0.4) is 0 Å². The van der Waals surface area contributed by atoms with Gasteiger partial charge in [-0.05, 0) is 78.2 Å². The van der Waals surface area contributed by atoms with E-state index in [1.165, 1.54) is 29.3 Å². The van der Waals surface area contributed by atoms with Gasteiger partial charge in [0.05, 0.1) is 10.6 Å². The Bertz CT molecular complexity index is 1580. The minimum absolute atomic E-state index is 0.00728. The number of nitrogens with zero attached hydrogens (tertiary/aromatic N) is 3. The summed E-state index contributed by atoms with van der Waals surface area (Å²) >= 11 is 0. The van der Waals surface area contributed by atoms with Crippen molar-refractivity contribution in [3.05, 3.63) is 93.5 Å². The first kappa shape index (κ1) is 20.4. The monoisotopic (exact) mass is 437 g/mol. The van der Waals surface area contributed by atoms with Crippen LogP contribution in [0.4, 0.5) is 11.4 Å². The third-order valence-corrected chi connectivity index (χ3v) is 5.70. The first-order valence-electron chi connectivity index (χ1n) is 10.3. The Kier molecular flexibility index (Phi) is 4.86. The number of nitro groups is 1. The Balaban J connectivity index is 1.50. The van der Waals surface area contributed by atoms with Crippen LogP contribution in [-0.2, 0) is 0 Å². The van der Waals surface area contributed by atoms with E-state index in [1.54, 1.807) is 24.4 Å². The van der Waals surface area contributed by atoms with Crippen LogP contribution in [0.2, 0.25) is 0 Å². The number of non-ortho nitro benzene ring substituents is 1. The number of aryl methyl sites for hydroxylation is 2. The summed E-state index contributed by atoms with van der Waals surface area (Å²) in [7, 11) is 0. The molecule has 162 valence electrons. The van der Waals surface area contributed by atoms with E-state index in [2.05, 4.69) is 23.8 Å². The molecule has 4 aromatic carbocycles. The molecule has 1 aromatic heterocycles. The van der Waals surface area contributed by atoms with Gasteiger partial charge in [0.15, 0.2) is 5.58 Å². The molecule has 5 aromatic rings. The van der Waals surface area contributed by atoms with Crippen LogP contribution in [-0.4, -0.2) is 21.2 Å². The van der Waals surface area contributed by atoms with Gasteiger partial charge in [0.25, 0.3) is 5.69 Å². The molecule has 0 radical (unpaired) electrons. The number of hydrogen-bond acceptors (Lipinski definition) is 6. The van der Waals surface area contributed by atoms with Crippen molar-refractivity contribution in [3.63, 3.8) is 0 Å². The second-order valence-corrected chi connectivity index (χ2v) is 7.89. The first-order chi connectivity index (χ1) is 15.9. The number of aromatic hydroxyl groups is 1. The summed E-state index contributed by atoms with van der Waals surface area (Å²) in [6, 6.07) is 19.2. The fourth-order valence-electron chi connectivity index (χ4n) is 3.71. The lowest BCUT2D eigenvalue weighted by Gasteiger charge is -2.05. The number of hydrogen-bond donors (Lipinski definition) is 1. The van der Waals surface area contributed by atoms with Gasteiger partial charge in [0.2, 0.25) is 5.89 Å². The van der Waals surface area contributed by atoms with Crippen LogP contribution < -0.4 is 0 Å². The van der Waals surface area contributed by atoms with Crippen LogP contribution in [0.15, 0.2) is 76.1 Å². The molecule has 0 amide bonds. The standard InChI is InChI=1S/C26H19N3O4/c1-15-3-4-18(11-16(15)2)26-28-23-13-19(6-10-25(23)33-26)27-14-22-21-8-7-20(29(31)32)12-17(21)5-9-24(22)30/h3-14,30H,1-2H3. The zero-order valence-corrected chi connectivity index (χ0v) is 17.9. The quantitative estimate of drug-likeness (QED) is 0.193. The fraction of sp³-hybridized carbons (Fsp3) is 0.0769. The van der Waals surface area contributed by atoms with E-state index in [0.29, 0.717) is 39.0 Å². The van der Waals surface area contributed by atoms with Gasteiger partial charge in [-0.2, -0.15) is 0 Å². The summed E-state index contributed by atoms with van der Waals surface area (Å²) in [6.45, 7) is 4.11. The van der Waals surface area contributed by atoms with Crippen LogP contribution in [0.5, 0.6) is 5.75 Å². The second kappa shape index (κ2) is 7.87. The van der Waals surface area contributed by atoms with Crippen molar-refractivity contribution in [1.29, 1.82) is 0 Å². The molecular formula is C26H19N3O4. The van der Waals surface area contributed by atoms with Crippen molar-refractivity contribution >= 4 is 39.5 Å². The SMILES string of the molecule is Cc1ccc(-c2nc3cc(N=Cc4c(O)ccc5cc([N+](=O)[O-])ccc45)ccc3o2)cc1C. The second-order valence-electron chi connectivity index (χ2n) is 7.89. The molecule has 0 aliphatic rings. The Morgan fingerprint density at radius 3 is 2.64 bits per heavy atom. The van der Waals surface area contributed by atoms with Gasteiger partial charge in [-0.1, -0.05) is 12.1 Å². The molecule has 0 atom stereocenters. The third-order valence-electron chi connectivity index (χ3n) is 5.70. The van der Waals surface area contributed by atoms with Gasteiger partial charge in [-0.3, -0.25) is 15.1 Å². The van der Waals surface area contributed by atoms with Crippen molar-refractivity contribution in [2.45, 2.75) is 13.8 Å². The Hall–Kier alpha value is -4.52. The van der Waals surface area contributed by atoms with Gasteiger partial charge < -0.3 is 9.52 Å². The fourth-order valence-corrected chi connectivity index (χ4v) is 3.71. The molecule has 5 rings (SSSR count). The Morgan fingerprint density at radius 1 is 1.00 bits per heavy atom. The molecule has 0 bridgehead atoms. The van der Waals surface area contributed by atoms with Crippen molar-refractivity contribution in [2.75, 3.05) is 0 Å². The van der Waals surface area contributed by atoms with E-state index in [9.17, 15) is 15.2 Å². The highest BCUT2D eigenvalue weighted by Crippen LogP contribution is 2.31. The summed E-state index contributed by atoms with van der Waals surface area (Å²) in [6.07, 6.45) is 1.55. The molecule has 0 aliphatic heterocycles. The van der Waals surface area contributed by atoms with Crippen molar-refractivity contribution in [3.8, 4) is 17.2 Å². The van der Waals surface area contributed by atoms with Crippen molar-refractivity contribution in [1.82, 2.24) is 4.98 Å². The smallest absolute Gasteiger partial charge is 0.270 e. The van der Waals surface area contributed by atoms with Crippen LogP contribution in [0.25, 0.3) is 33.3 Å². The molecule has 0 aliphatic carbocycles. The highest BCUT2D eigenvalue weighted by molar-refractivity contribution is 6.03. The maximum Gasteiger partial charge on any atom is 0.270 e. The predicted octanol–water partition coefficient (Wildman–Crippen LogP) is 6.63. The molecule has 7 nitrogen and oxygen atoms in total. The van der Waals surface area contributed by atoms with E-state index in [0.717, 1.165) is 5.56 Å². The normalized spacial score (nSPS) is 11.6. The van der Waals surface area contributed by atoms with E-state index in [1.807, 2.05) is 30.3 Å². The molecule has 1 N–H and O–H groups in total.